The first-order valence-electron chi connectivity index (χ1n) is 9.42. The van der Waals surface area contributed by atoms with Crippen molar-refractivity contribution in [3.8, 4) is 0 Å². The summed E-state index contributed by atoms with van der Waals surface area (Å²) in [6, 6.07) is 5.78. The molecular formula is C19H23N3O6S. The van der Waals surface area contributed by atoms with Gasteiger partial charge in [-0.15, -0.1) is 0 Å². The van der Waals surface area contributed by atoms with Crippen LogP contribution in [0, 0.1) is 0 Å². The molecule has 1 aromatic carbocycles. The quantitative estimate of drug-likeness (QED) is 0.481. The van der Waals surface area contributed by atoms with Crippen LogP contribution in [0.2, 0.25) is 0 Å². The largest absolute Gasteiger partial charge is 0.340 e. The van der Waals surface area contributed by atoms with Gasteiger partial charge in [-0.2, -0.15) is 4.31 Å². The van der Waals surface area contributed by atoms with Crippen molar-refractivity contribution >= 4 is 33.5 Å². The van der Waals surface area contributed by atoms with Crippen LogP contribution in [0.25, 0.3) is 0 Å². The Morgan fingerprint density at radius 2 is 1.48 bits per heavy atom. The summed E-state index contributed by atoms with van der Waals surface area (Å²) in [5.74, 6) is -0.859. The van der Waals surface area contributed by atoms with Gasteiger partial charge in [-0.3, -0.25) is 24.1 Å². The van der Waals surface area contributed by atoms with Crippen LogP contribution in [0.4, 0.5) is 0 Å². The van der Waals surface area contributed by atoms with Gasteiger partial charge in [0.15, 0.2) is 5.78 Å². The Kier molecular flexibility index (Phi) is 6.13. The number of carbonyl (C=O) groups excluding carboxylic acids is 4. The second kappa shape index (κ2) is 8.42. The van der Waals surface area contributed by atoms with Gasteiger partial charge in [0.05, 0.1) is 4.90 Å². The number of likely N-dealkylation sites (tertiary alicyclic amines) is 1. The Labute approximate surface area is 169 Å². The monoisotopic (exact) mass is 421 g/mol. The lowest BCUT2D eigenvalue weighted by Crippen LogP contribution is -2.51. The van der Waals surface area contributed by atoms with E-state index in [9.17, 15) is 27.6 Å². The van der Waals surface area contributed by atoms with Crippen molar-refractivity contribution in [2.24, 2.45) is 0 Å². The molecule has 0 N–H and O–H groups in total. The smallest absolute Gasteiger partial charge is 0.243 e. The van der Waals surface area contributed by atoms with E-state index in [1.807, 2.05) is 0 Å². The van der Waals surface area contributed by atoms with Crippen LogP contribution in [0.1, 0.15) is 36.5 Å². The molecule has 3 amide bonds. The van der Waals surface area contributed by atoms with Gasteiger partial charge in [-0.25, -0.2) is 8.42 Å². The Balaban J connectivity index is 1.55. The number of carbonyl (C=O) groups is 4. The molecule has 1 aromatic rings. The zero-order valence-electron chi connectivity index (χ0n) is 16.2. The molecule has 2 heterocycles. The van der Waals surface area contributed by atoms with E-state index in [0.717, 1.165) is 4.90 Å². The maximum Gasteiger partial charge on any atom is 0.243 e. The van der Waals surface area contributed by atoms with Crippen LogP contribution in [0.15, 0.2) is 29.2 Å². The van der Waals surface area contributed by atoms with Gasteiger partial charge in [0.2, 0.25) is 27.7 Å². The first kappa shape index (κ1) is 21.1. The number of nitrogens with zero attached hydrogens (tertiary/aromatic N) is 3. The molecule has 2 saturated heterocycles. The molecule has 0 radical (unpaired) electrons. The van der Waals surface area contributed by atoms with E-state index < -0.39 is 10.0 Å². The van der Waals surface area contributed by atoms with Gasteiger partial charge in [0.1, 0.15) is 0 Å². The van der Waals surface area contributed by atoms with Crippen LogP contribution in [0.5, 0.6) is 0 Å². The van der Waals surface area contributed by atoms with Crippen molar-refractivity contribution < 1.29 is 27.6 Å². The molecule has 2 aliphatic heterocycles. The molecule has 29 heavy (non-hydrogen) atoms. The zero-order chi connectivity index (χ0) is 21.2. The normalized spacial score (nSPS) is 18.4. The minimum atomic E-state index is -3.71. The third-order valence-corrected chi connectivity index (χ3v) is 7.11. The van der Waals surface area contributed by atoms with Crippen LogP contribution in [-0.4, -0.2) is 78.8 Å². The molecule has 0 bridgehead atoms. The SMILES string of the molecule is CC(=O)c1ccc(S(=O)(=O)N2CCN(C(=O)CCN3C(=O)CCC3=O)CC2)cc1. The predicted molar refractivity (Wildman–Crippen MR) is 102 cm³/mol. The van der Waals surface area contributed by atoms with Crippen molar-refractivity contribution in [2.45, 2.75) is 31.1 Å². The van der Waals surface area contributed by atoms with Gasteiger partial charge in [-0.1, -0.05) is 12.1 Å². The first-order valence-corrected chi connectivity index (χ1v) is 10.9. The van der Waals surface area contributed by atoms with Crippen LogP contribution < -0.4 is 0 Å². The molecule has 2 aliphatic rings. The Morgan fingerprint density at radius 3 is 2.00 bits per heavy atom. The second-order valence-corrected chi connectivity index (χ2v) is 8.99. The number of amides is 3. The molecule has 0 aliphatic carbocycles. The van der Waals surface area contributed by atoms with Gasteiger partial charge < -0.3 is 4.90 Å². The standard InChI is InChI=1S/C19H23N3O6S/c1-14(23)15-2-4-16(5-3-15)29(27,28)21-12-10-20(11-13-21)17(24)8-9-22-18(25)6-7-19(22)26/h2-5H,6-13H2,1H3. The minimum Gasteiger partial charge on any atom is -0.340 e. The van der Waals surface area contributed by atoms with E-state index in [0.29, 0.717) is 5.56 Å². The molecule has 9 nitrogen and oxygen atoms in total. The molecule has 0 spiro atoms. The molecule has 0 unspecified atom stereocenters. The van der Waals surface area contributed by atoms with E-state index in [1.165, 1.54) is 35.5 Å². The van der Waals surface area contributed by atoms with E-state index in [4.69, 9.17) is 0 Å². The lowest BCUT2D eigenvalue weighted by molar-refractivity contribution is -0.139. The number of ketones is 1. The van der Waals surface area contributed by atoms with E-state index >= 15 is 0 Å². The highest BCUT2D eigenvalue weighted by Crippen LogP contribution is 2.19. The van der Waals surface area contributed by atoms with Crippen LogP contribution >= 0.6 is 0 Å². The number of hydrogen-bond donors (Lipinski definition) is 0. The average Bonchev–Trinajstić information content (AvgIpc) is 3.03. The van der Waals surface area contributed by atoms with E-state index in [2.05, 4.69) is 0 Å². The maximum absolute atomic E-state index is 12.8. The zero-order valence-corrected chi connectivity index (χ0v) is 17.0. The molecule has 10 heteroatoms. The third kappa shape index (κ3) is 4.54. The first-order chi connectivity index (χ1) is 13.7. The molecule has 3 rings (SSSR count). The van der Waals surface area contributed by atoms with Crippen molar-refractivity contribution in [3.05, 3.63) is 29.8 Å². The fraction of sp³-hybridized carbons (Fsp3) is 0.474. The molecular weight excluding hydrogens is 398 g/mol. The summed E-state index contributed by atoms with van der Waals surface area (Å²) in [7, 11) is -3.71. The molecule has 0 aromatic heterocycles. The Morgan fingerprint density at radius 1 is 0.931 bits per heavy atom. The number of Topliss-reactive ketones (excluding diaryl/α,β-unsaturated/α-hetero) is 1. The summed E-state index contributed by atoms with van der Waals surface area (Å²) in [4.78, 5) is 49.7. The van der Waals surface area contributed by atoms with Crippen LogP contribution in [0.3, 0.4) is 0 Å². The molecule has 156 valence electrons. The lowest BCUT2D eigenvalue weighted by atomic mass is 10.2. The van der Waals surface area contributed by atoms with Crippen LogP contribution in [-0.2, 0) is 24.4 Å². The lowest BCUT2D eigenvalue weighted by Gasteiger charge is -2.34. The summed E-state index contributed by atoms with van der Waals surface area (Å²) in [5, 5.41) is 0. The number of hydrogen-bond acceptors (Lipinski definition) is 6. The molecule has 2 fully saturated rings. The van der Waals surface area contributed by atoms with Gasteiger partial charge in [0, 0.05) is 57.5 Å². The highest BCUT2D eigenvalue weighted by molar-refractivity contribution is 7.89. The fourth-order valence-electron chi connectivity index (χ4n) is 3.43. The number of piperazine rings is 1. The van der Waals surface area contributed by atoms with Crippen molar-refractivity contribution in [3.63, 3.8) is 0 Å². The summed E-state index contributed by atoms with van der Waals surface area (Å²) < 4.78 is 26.9. The average molecular weight is 421 g/mol. The summed E-state index contributed by atoms with van der Waals surface area (Å²) >= 11 is 0. The second-order valence-electron chi connectivity index (χ2n) is 7.05. The summed E-state index contributed by atoms with van der Waals surface area (Å²) in [5.41, 5.74) is 0.439. The number of imide groups is 1. The highest BCUT2D eigenvalue weighted by atomic mass is 32.2. The van der Waals surface area contributed by atoms with Gasteiger partial charge in [-0.05, 0) is 19.1 Å². The third-order valence-electron chi connectivity index (χ3n) is 5.19. The number of sulfonamides is 1. The fourth-order valence-corrected chi connectivity index (χ4v) is 4.85. The summed E-state index contributed by atoms with van der Waals surface area (Å²) in [6.45, 7) is 2.28. The van der Waals surface area contributed by atoms with Crippen molar-refractivity contribution in [1.29, 1.82) is 0 Å². The summed E-state index contributed by atoms with van der Waals surface area (Å²) in [6.07, 6.45) is 0.421. The topological polar surface area (TPSA) is 112 Å². The van der Waals surface area contributed by atoms with Crippen molar-refractivity contribution in [2.75, 3.05) is 32.7 Å². The van der Waals surface area contributed by atoms with E-state index in [1.54, 1.807) is 4.90 Å². The number of rotatable bonds is 6. The Hall–Kier alpha value is -2.59. The predicted octanol–water partition coefficient (Wildman–Crippen LogP) is 0.261. The number of benzene rings is 1. The van der Waals surface area contributed by atoms with Gasteiger partial charge >= 0.3 is 0 Å². The van der Waals surface area contributed by atoms with E-state index in [-0.39, 0.29) is 80.4 Å². The molecule has 0 atom stereocenters. The minimum absolute atomic E-state index is 0.0384. The highest BCUT2D eigenvalue weighted by Gasteiger charge is 2.32. The van der Waals surface area contributed by atoms with Gasteiger partial charge in [0.25, 0.3) is 0 Å². The maximum atomic E-state index is 12.8. The molecule has 0 saturated carbocycles. The van der Waals surface area contributed by atoms with Crippen molar-refractivity contribution in [1.82, 2.24) is 14.1 Å². The Bertz CT molecular complexity index is 917.